The van der Waals surface area contributed by atoms with Crippen LogP contribution in [-0.2, 0) is 10.0 Å². The largest absolute Gasteiger partial charge is 0.329 e. The monoisotopic (exact) mass is 275 g/mol. The zero-order valence-electron chi connectivity index (χ0n) is 10.4. The van der Waals surface area contributed by atoms with Crippen LogP contribution in [0, 0.1) is 11.7 Å². The third kappa shape index (κ3) is 4.32. The van der Waals surface area contributed by atoms with E-state index in [0.717, 1.165) is 18.5 Å². The van der Waals surface area contributed by atoms with E-state index in [4.69, 9.17) is 5.73 Å². The zero-order valence-corrected chi connectivity index (χ0v) is 11.2. The van der Waals surface area contributed by atoms with E-state index in [1.165, 1.54) is 0 Å². The first kappa shape index (κ1) is 15.0. The van der Waals surface area contributed by atoms with Gasteiger partial charge >= 0.3 is 0 Å². The third-order valence-electron chi connectivity index (χ3n) is 2.35. The summed E-state index contributed by atoms with van der Waals surface area (Å²) in [4.78, 5) is 3.33. The third-order valence-corrected chi connectivity index (χ3v) is 3.84. The van der Waals surface area contributed by atoms with Gasteiger partial charge in [0, 0.05) is 18.8 Å². The lowest BCUT2D eigenvalue weighted by Crippen LogP contribution is -2.41. The fraction of sp³-hybridized carbons (Fsp3) is 0.545. The number of nitrogens with two attached hydrogens (primary N) is 1. The van der Waals surface area contributed by atoms with Crippen LogP contribution in [0.4, 0.5) is 4.39 Å². The molecule has 1 aromatic heterocycles. The molecule has 1 rings (SSSR count). The van der Waals surface area contributed by atoms with Crippen molar-refractivity contribution in [2.24, 2.45) is 11.7 Å². The summed E-state index contributed by atoms with van der Waals surface area (Å²) in [5.41, 5.74) is 5.52. The van der Waals surface area contributed by atoms with E-state index in [1.54, 1.807) is 0 Å². The normalized spacial score (nSPS) is 13.8. The van der Waals surface area contributed by atoms with Crippen LogP contribution in [0.25, 0.3) is 0 Å². The van der Waals surface area contributed by atoms with Crippen molar-refractivity contribution in [1.82, 2.24) is 9.71 Å². The Balaban J connectivity index is 2.87. The Bertz CT molecular complexity index is 491. The number of rotatable bonds is 6. The van der Waals surface area contributed by atoms with Crippen LogP contribution < -0.4 is 10.5 Å². The Hall–Kier alpha value is -1.05. The van der Waals surface area contributed by atoms with Gasteiger partial charge in [0.1, 0.15) is 10.7 Å². The Kier molecular flexibility index (Phi) is 5.18. The lowest BCUT2D eigenvalue weighted by Gasteiger charge is -2.18. The Labute approximate surface area is 107 Å². The first-order valence-corrected chi connectivity index (χ1v) is 7.16. The van der Waals surface area contributed by atoms with E-state index in [2.05, 4.69) is 9.71 Å². The summed E-state index contributed by atoms with van der Waals surface area (Å²) in [5.74, 6) is -0.377. The van der Waals surface area contributed by atoms with Gasteiger partial charge in [0.05, 0.1) is 6.20 Å². The molecule has 0 fully saturated rings. The molecule has 18 heavy (non-hydrogen) atoms. The highest BCUT2D eigenvalue weighted by Crippen LogP contribution is 2.11. The second kappa shape index (κ2) is 6.21. The van der Waals surface area contributed by atoms with Crippen LogP contribution in [0.15, 0.2) is 23.4 Å². The molecule has 1 aromatic rings. The predicted octanol–water partition coefficient (Wildman–Crippen LogP) is 0.872. The lowest BCUT2D eigenvalue weighted by molar-refractivity contribution is 0.464. The number of nitrogens with zero attached hydrogens (tertiary/aromatic N) is 1. The zero-order chi connectivity index (χ0) is 13.8. The minimum Gasteiger partial charge on any atom is -0.329 e. The molecule has 0 aliphatic rings. The molecule has 0 saturated heterocycles. The van der Waals surface area contributed by atoms with Crippen LogP contribution in [0.1, 0.15) is 20.3 Å². The van der Waals surface area contributed by atoms with Gasteiger partial charge in [0.25, 0.3) is 0 Å². The molecule has 102 valence electrons. The molecule has 0 aliphatic carbocycles. The van der Waals surface area contributed by atoms with Crippen molar-refractivity contribution in [3.05, 3.63) is 24.3 Å². The van der Waals surface area contributed by atoms with E-state index >= 15 is 0 Å². The molecule has 1 atom stereocenters. The molecule has 0 aromatic carbocycles. The Morgan fingerprint density at radius 3 is 2.61 bits per heavy atom. The molecule has 0 aliphatic heterocycles. The molecule has 0 radical (unpaired) electrons. The van der Waals surface area contributed by atoms with Gasteiger partial charge in [-0.25, -0.2) is 17.5 Å². The van der Waals surface area contributed by atoms with E-state index in [1.807, 2.05) is 13.8 Å². The molecule has 3 N–H and O–H groups in total. The molecule has 1 heterocycles. The summed E-state index contributed by atoms with van der Waals surface area (Å²) in [6.45, 7) is 4.14. The van der Waals surface area contributed by atoms with Crippen LogP contribution in [0.2, 0.25) is 0 Å². The van der Waals surface area contributed by atoms with Crippen molar-refractivity contribution in [1.29, 1.82) is 0 Å². The second-order valence-corrected chi connectivity index (χ2v) is 6.24. The van der Waals surface area contributed by atoms with Gasteiger partial charge in [-0.3, -0.25) is 4.98 Å². The highest BCUT2D eigenvalue weighted by molar-refractivity contribution is 7.89. The number of pyridine rings is 1. The average Bonchev–Trinajstić information content (AvgIpc) is 2.27. The predicted molar refractivity (Wildman–Crippen MR) is 66.8 cm³/mol. The summed E-state index contributed by atoms with van der Waals surface area (Å²) in [7, 11) is -3.77. The molecule has 0 saturated carbocycles. The average molecular weight is 275 g/mol. The van der Waals surface area contributed by atoms with Gasteiger partial charge in [-0.15, -0.1) is 0 Å². The summed E-state index contributed by atoms with van der Waals surface area (Å²) < 4.78 is 39.3. The van der Waals surface area contributed by atoms with E-state index in [9.17, 15) is 12.8 Å². The second-order valence-electron chi connectivity index (χ2n) is 4.52. The number of halogens is 1. The van der Waals surface area contributed by atoms with Crippen molar-refractivity contribution >= 4 is 10.0 Å². The summed E-state index contributed by atoms with van der Waals surface area (Å²) in [6.07, 6.45) is 2.68. The van der Waals surface area contributed by atoms with E-state index < -0.39 is 15.8 Å². The molecular weight excluding hydrogens is 257 g/mol. The summed E-state index contributed by atoms with van der Waals surface area (Å²) >= 11 is 0. The molecule has 0 amide bonds. The minimum absolute atomic E-state index is 0.190. The number of hydrogen-bond donors (Lipinski definition) is 2. The topological polar surface area (TPSA) is 85.1 Å². The fourth-order valence-corrected chi connectivity index (χ4v) is 2.82. The first-order valence-electron chi connectivity index (χ1n) is 5.68. The molecule has 5 nitrogen and oxygen atoms in total. The smallest absolute Gasteiger partial charge is 0.242 e. The standard InChI is InChI=1S/C11H18FN3O2S/c1-8(2)3-10(5-13)15-18(16,17)11-4-9(12)6-14-7-11/h4,6-8,10,15H,3,5,13H2,1-2H3. The number of aromatic nitrogens is 1. The van der Waals surface area contributed by atoms with Crippen molar-refractivity contribution in [3.8, 4) is 0 Å². The van der Waals surface area contributed by atoms with Crippen molar-refractivity contribution in [3.63, 3.8) is 0 Å². The van der Waals surface area contributed by atoms with Gasteiger partial charge in [-0.2, -0.15) is 0 Å². The van der Waals surface area contributed by atoms with Crippen molar-refractivity contribution in [2.45, 2.75) is 31.2 Å². The van der Waals surface area contributed by atoms with Crippen molar-refractivity contribution < 1.29 is 12.8 Å². The van der Waals surface area contributed by atoms with Gasteiger partial charge in [-0.1, -0.05) is 13.8 Å². The maximum absolute atomic E-state index is 12.9. The highest BCUT2D eigenvalue weighted by Gasteiger charge is 2.20. The Morgan fingerprint density at radius 2 is 2.11 bits per heavy atom. The Morgan fingerprint density at radius 1 is 1.44 bits per heavy atom. The lowest BCUT2D eigenvalue weighted by atomic mass is 10.1. The number of nitrogens with one attached hydrogen (secondary N) is 1. The van der Waals surface area contributed by atoms with Gasteiger partial charge in [0.2, 0.25) is 10.0 Å². The summed E-state index contributed by atoms with van der Waals surface area (Å²) in [6, 6.07) is 0.566. The highest BCUT2D eigenvalue weighted by atomic mass is 32.2. The van der Waals surface area contributed by atoms with E-state index in [-0.39, 0.29) is 17.5 Å². The van der Waals surface area contributed by atoms with Crippen molar-refractivity contribution in [2.75, 3.05) is 6.54 Å². The fourth-order valence-electron chi connectivity index (χ4n) is 1.59. The molecule has 7 heteroatoms. The quantitative estimate of drug-likeness (QED) is 0.807. The van der Waals surface area contributed by atoms with Gasteiger partial charge in [0.15, 0.2) is 0 Å². The molecule has 0 bridgehead atoms. The molecular formula is C11H18FN3O2S. The van der Waals surface area contributed by atoms with Crippen LogP contribution in [0.5, 0.6) is 0 Å². The molecule has 0 spiro atoms. The maximum Gasteiger partial charge on any atom is 0.242 e. The maximum atomic E-state index is 12.9. The first-order chi connectivity index (χ1) is 8.35. The minimum atomic E-state index is -3.77. The number of sulfonamides is 1. The summed E-state index contributed by atoms with van der Waals surface area (Å²) in [5, 5.41) is 0. The van der Waals surface area contributed by atoms with Gasteiger partial charge < -0.3 is 5.73 Å². The number of hydrogen-bond acceptors (Lipinski definition) is 4. The van der Waals surface area contributed by atoms with Crippen LogP contribution in [-0.4, -0.2) is 26.0 Å². The van der Waals surface area contributed by atoms with E-state index in [0.29, 0.717) is 12.3 Å². The van der Waals surface area contributed by atoms with Crippen LogP contribution in [0.3, 0.4) is 0 Å². The SMILES string of the molecule is CC(C)CC(CN)NS(=O)(=O)c1cncc(F)c1. The molecule has 1 unspecified atom stereocenters. The van der Waals surface area contributed by atoms with Gasteiger partial charge in [-0.05, 0) is 18.4 Å². The van der Waals surface area contributed by atoms with Crippen LogP contribution >= 0.6 is 0 Å².